The van der Waals surface area contributed by atoms with E-state index in [9.17, 15) is 28.1 Å². The number of carbonyl (C=O) groups excluding carboxylic acids is 1. The Morgan fingerprint density at radius 3 is 2.79 bits per heavy atom. The largest absolute Gasteiger partial charge is 0.416 e. The van der Waals surface area contributed by atoms with E-state index in [2.05, 4.69) is 5.32 Å². The number of halogens is 3. The van der Waals surface area contributed by atoms with Crippen LogP contribution in [-0.4, -0.2) is 60.8 Å². The van der Waals surface area contributed by atoms with Crippen molar-refractivity contribution < 1.29 is 32.4 Å². The van der Waals surface area contributed by atoms with Gasteiger partial charge in [0.2, 0.25) is 5.91 Å². The second-order valence-electron chi connectivity index (χ2n) is 9.02. The van der Waals surface area contributed by atoms with Gasteiger partial charge >= 0.3 is 6.18 Å². The SMILES string of the molecule is COC1COCCC1NC1CCC(C(=O)N2CCc3c(cc(C(F)(F)F)cc3[N+](=O)[O-])C2)C1. The highest BCUT2D eigenvalue weighted by Crippen LogP contribution is 2.38. The van der Waals surface area contributed by atoms with Crippen LogP contribution in [0.2, 0.25) is 0 Å². The van der Waals surface area contributed by atoms with Gasteiger partial charge in [0.25, 0.3) is 5.69 Å². The van der Waals surface area contributed by atoms with E-state index in [4.69, 9.17) is 9.47 Å². The Kier molecular flexibility index (Phi) is 6.92. The zero-order chi connectivity index (χ0) is 23.8. The van der Waals surface area contributed by atoms with Crippen LogP contribution in [0.4, 0.5) is 18.9 Å². The van der Waals surface area contributed by atoms with E-state index in [1.165, 1.54) is 0 Å². The van der Waals surface area contributed by atoms with Gasteiger partial charge in [-0.25, -0.2) is 0 Å². The molecule has 0 aromatic heterocycles. The number of hydrogen-bond donors (Lipinski definition) is 1. The van der Waals surface area contributed by atoms with Crippen LogP contribution in [0.3, 0.4) is 0 Å². The predicted octanol–water partition coefficient (Wildman–Crippen LogP) is 3.06. The zero-order valence-electron chi connectivity index (χ0n) is 18.4. The molecule has 33 heavy (non-hydrogen) atoms. The Labute approximate surface area is 189 Å². The Hall–Kier alpha value is -2.24. The number of benzene rings is 1. The summed E-state index contributed by atoms with van der Waals surface area (Å²) in [7, 11) is 1.65. The first-order valence-corrected chi connectivity index (χ1v) is 11.2. The van der Waals surface area contributed by atoms with Crippen molar-refractivity contribution in [2.45, 2.75) is 63.0 Å². The van der Waals surface area contributed by atoms with Gasteiger partial charge in [0.15, 0.2) is 0 Å². The van der Waals surface area contributed by atoms with Gasteiger partial charge in [-0.05, 0) is 43.7 Å². The highest BCUT2D eigenvalue weighted by atomic mass is 19.4. The number of nitrogens with one attached hydrogen (secondary N) is 1. The standard InChI is InChI=1S/C22H28F3N3O5/c1-32-20-12-33-7-5-18(20)26-16-3-2-13(9-16)21(29)27-6-4-17-14(11-27)8-15(22(23,24)25)10-19(17)28(30)31/h8,10,13,16,18,20,26H,2-7,9,11-12H2,1H3. The molecule has 0 spiro atoms. The Morgan fingerprint density at radius 1 is 1.30 bits per heavy atom. The molecule has 11 heteroatoms. The summed E-state index contributed by atoms with van der Waals surface area (Å²) in [4.78, 5) is 25.3. The third-order valence-electron chi connectivity index (χ3n) is 6.99. The average Bonchev–Trinajstić information content (AvgIpc) is 3.25. The van der Waals surface area contributed by atoms with Gasteiger partial charge in [-0.3, -0.25) is 14.9 Å². The summed E-state index contributed by atoms with van der Waals surface area (Å²) < 4.78 is 50.7. The van der Waals surface area contributed by atoms with Gasteiger partial charge in [-0.2, -0.15) is 13.2 Å². The minimum Gasteiger partial charge on any atom is -0.379 e. The van der Waals surface area contributed by atoms with E-state index in [1.807, 2.05) is 0 Å². The highest BCUT2D eigenvalue weighted by molar-refractivity contribution is 5.79. The summed E-state index contributed by atoms with van der Waals surface area (Å²) >= 11 is 0. The van der Waals surface area contributed by atoms with Crippen molar-refractivity contribution >= 4 is 11.6 Å². The molecule has 0 bridgehead atoms. The predicted molar refractivity (Wildman–Crippen MR) is 112 cm³/mol. The number of methoxy groups -OCH3 is 1. The molecule has 1 aliphatic carbocycles. The Morgan fingerprint density at radius 2 is 2.09 bits per heavy atom. The molecule has 1 N–H and O–H groups in total. The van der Waals surface area contributed by atoms with Crippen LogP contribution in [0.5, 0.6) is 0 Å². The molecule has 3 aliphatic rings. The third kappa shape index (κ3) is 5.15. The normalized spacial score (nSPS) is 27.9. The molecule has 4 rings (SSSR count). The number of nitro benzene ring substituents is 1. The van der Waals surface area contributed by atoms with Crippen molar-refractivity contribution in [1.82, 2.24) is 10.2 Å². The van der Waals surface area contributed by atoms with E-state index >= 15 is 0 Å². The van der Waals surface area contributed by atoms with Crippen molar-refractivity contribution in [3.05, 3.63) is 38.9 Å². The maximum absolute atomic E-state index is 13.3. The summed E-state index contributed by atoms with van der Waals surface area (Å²) in [6.07, 6.45) is -1.55. The van der Waals surface area contributed by atoms with Gasteiger partial charge in [-0.15, -0.1) is 0 Å². The smallest absolute Gasteiger partial charge is 0.379 e. The summed E-state index contributed by atoms with van der Waals surface area (Å²) in [5.74, 6) is -0.314. The molecule has 4 atom stereocenters. The lowest BCUT2D eigenvalue weighted by Crippen LogP contribution is -2.50. The van der Waals surface area contributed by atoms with Crippen LogP contribution >= 0.6 is 0 Å². The fourth-order valence-electron chi connectivity index (χ4n) is 5.24. The molecule has 8 nitrogen and oxygen atoms in total. The molecule has 2 aliphatic heterocycles. The summed E-state index contributed by atoms with van der Waals surface area (Å²) in [5.41, 5.74) is -1.10. The topological polar surface area (TPSA) is 93.9 Å². The molecule has 182 valence electrons. The minimum absolute atomic E-state index is 0.0364. The molecule has 1 aromatic rings. The number of hydrogen-bond acceptors (Lipinski definition) is 6. The first-order valence-electron chi connectivity index (χ1n) is 11.2. The van der Waals surface area contributed by atoms with Gasteiger partial charge < -0.3 is 19.7 Å². The number of nitro groups is 1. The number of alkyl halides is 3. The minimum atomic E-state index is -4.69. The molecule has 1 saturated heterocycles. The molecule has 1 amide bonds. The lowest BCUT2D eigenvalue weighted by Gasteiger charge is -2.33. The Balaban J connectivity index is 1.43. The van der Waals surface area contributed by atoms with Crippen LogP contribution in [0.25, 0.3) is 0 Å². The van der Waals surface area contributed by atoms with Crippen molar-refractivity contribution in [3.8, 4) is 0 Å². The summed E-state index contributed by atoms with van der Waals surface area (Å²) in [5, 5.41) is 14.9. The molecule has 1 saturated carbocycles. The third-order valence-corrected chi connectivity index (χ3v) is 6.99. The van der Waals surface area contributed by atoms with Gasteiger partial charge in [0.05, 0.1) is 23.2 Å². The van der Waals surface area contributed by atoms with E-state index in [0.717, 1.165) is 18.9 Å². The lowest BCUT2D eigenvalue weighted by atomic mass is 9.94. The zero-order valence-corrected chi connectivity index (χ0v) is 18.4. The Bertz CT molecular complexity index is 910. The molecule has 0 radical (unpaired) electrons. The number of nitrogens with zero attached hydrogens (tertiary/aromatic N) is 2. The number of carbonyl (C=O) groups is 1. The van der Waals surface area contributed by atoms with Gasteiger partial charge in [-0.1, -0.05) is 0 Å². The number of fused-ring (bicyclic) bond motifs is 1. The molecular weight excluding hydrogens is 443 g/mol. The van der Waals surface area contributed by atoms with Crippen LogP contribution in [-0.2, 0) is 33.4 Å². The van der Waals surface area contributed by atoms with Crippen molar-refractivity contribution in [3.63, 3.8) is 0 Å². The van der Waals surface area contributed by atoms with Crippen LogP contribution in [0.15, 0.2) is 12.1 Å². The van der Waals surface area contributed by atoms with E-state index in [-0.39, 0.29) is 60.6 Å². The highest BCUT2D eigenvalue weighted by Gasteiger charge is 2.39. The second kappa shape index (κ2) is 9.55. The summed E-state index contributed by atoms with van der Waals surface area (Å²) in [6.45, 7) is 1.41. The number of rotatable bonds is 5. The van der Waals surface area contributed by atoms with Crippen molar-refractivity contribution in [2.75, 3.05) is 26.9 Å². The van der Waals surface area contributed by atoms with Crippen LogP contribution in [0, 0.1) is 16.0 Å². The molecular formula is C22H28F3N3O5. The molecule has 4 unspecified atom stereocenters. The maximum Gasteiger partial charge on any atom is 0.416 e. The van der Waals surface area contributed by atoms with E-state index in [1.54, 1.807) is 12.0 Å². The number of ether oxygens (including phenoxy) is 2. The second-order valence-corrected chi connectivity index (χ2v) is 9.02. The maximum atomic E-state index is 13.3. The molecule has 2 heterocycles. The number of amides is 1. The first kappa shape index (κ1) is 23.9. The van der Waals surface area contributed by atoms with Gasteiger partial charge in [0, 0.05) is 56.4 Å². The quantitative estimate of drug-likeness (QED) is 0.524. The summed E-state index contributed by atoms with van der Waals surface area (Å²) in [6, 6.07) is 1.85. The van der Waals surface area contributed by atoms with Crippen LogP contribution in [0.1, 0.15) is 42.4 Å². The van der Waals surface area contributed by atoms with Crippen molar-refractivity contribution in [2.24, 2.45) is 5.92 Å². The average molecular weight is 471 g/mol. The molecule has 1 aromatic carbocycles. The van der Waals surface area contributed by atoms with Crippen molar-refractivity contribution in [1.29, 1.82) is 0 Å². The van der Waals surface area contributed by atoms with E-state index < -0.39 is 22.4 Å². The van der Waals surface area contributed by atoms with E-state index in [0.29, 0.717) is 32.1 Å². The first-order chi connectivity index (χ1) is 15.7. The lowest BCUT2D eigenvalue weighted by molar-refractivity contribution is -0.385. The van der Waals surface area contributed by atoms with Gasteiger partial charge in [0.1, 0.15) is 0 Å². The monoisotopic (exact) mass is 471 g/mol. The fourth-order valence-corrected chi connectivity index (χ4v) is 5.24. The fraction of sp³-hybridized carbons (Fsp3) is 0.682. The molecule has 2 fully saturated rings. The van der Waals surface area contributed by atoms with Crippen LogP contribution < -0.4 is 5.32 Å².